The number of rotatable bonds is 3. The lowest BCUT2D eigenvalue weighted by atomic mass is 9.85. The van der Waals surface area contributed by atoms with Gasteiger partial charge in [0.05, 0.1) is 18.5 Å². The minimum Gasteiger partial charge on any atom is -0.297 e. The summed E-state index contributed by atoms with van der Waals surface area (Å²) in [7, 11) is 0. The van der Waals surface area contributed by atoms with Crippen molar-refractivity contribution in [2.75, 3.05) is 6.54 Å². The molecule has 0 N–H and O–H groups in total. The van der Waals surface area contributed by atoms with Crippen molar-refractivity contribution < 1.29 is 18.4 Å². The van der Waals surface area contributed by atoms with Gasteiger partial charge in [0.1, 0.15) is 0 Å². The number of fused-ring (bicyclic) bond motifs is 1. The van der Waals surface area contributed by atoms with E-state index in [9.17, 15) is 18.4 Å². The van der Waals surface area contributed by atoms with Crippen molar-refractivity contribution in [1.29, 1.82) is 0 Å². The van der Waals surface area contributed by atoms with Crippen LogP contribution >= 0.6 is 0 Å². The van der Waals surface area contributed by atoms with Crippen molar-refractivity contribution in [3.8, 4) is 0 Å². The van der Waals surface area contributed by atoms with Crippen LogP contribution in [0.25, 0.3) is 0 Å². The predicted octanol–water partition coefficient (Wildman–Crippen LogP) is 2.43. The summed E-state index contributed by atoms with van der Waals surface area (Å²) in [4.78, 5) is 24.6. The van der Waals surface area contributed by atoms with E-state index < -0.39 is 17.2 Å². The van der Waals surface area contributed by atoms with Gasteiger partial charge in [0, 0.05) is 12.1 Å². The number of halogens is 2. The molecule has 6 heteroatoms. The maximum atomic E-state index is 13.9. The van der Waals surface area contributed by atoms with Crippen LogP contribution in [0.3, 0.4) is 0 Å². The van der Waals surface area contributed by atoms with Crippen LogP contribution in [0.4, 0.5) is 8.78 Å². The lowest BCUT2D eigenvalue weighted by Crippen LogP contribution is -2.63. The van der Waals surface area contributed by atoms with Gasteiger partial charge in [-0.15, -0.1) is 0 Å². The van der Waals surface area contributed by atoms with Crippen molar-refractivity contribution >= 4 is 11.7 Å². The van der Waals surface area contributed by atoms with Gasteiger partial charge < -0.3 is 0 Å². The molecule has 0 spiro atoms. The minimum absolute atomic E-state index is 0.0442. The molecule has 1 amide bonds. The molecule has 0 unspecified atom stereocenters. The Morgan fingerprint density at radius 1 is 1.27 bits per heavy atom. The molecule has 2 aliphatic heterocycles. The Hall–Kier alpha value is -1.82. The van der Waals surface area contributed by atoms with E-state index >= 15 is 0 Å². The molecule has 4 nitrogen and oxygen atoms in total. The van der Waals surface area contributed by atoms with Gasteiger partial charge in [-0.2, -0.15) is 0 Å². The van der Waals surface area contributed by atoms with Crippen LogP contribution in [0.15, 0.2) is 18.2 Å². The van der Waals surface area contributed by atoms with E-state index in [1.54, 1.807) is 5.01 Å². The summed E-state index contributed by atoms with van der Waals surface area (Å²) in [5, 5.41) is 3.20. The fraction of sp³-hybridized carbons (Fsp3) is 0.500. The summed E-state index contributed by atoms with van der Waals surface area (Å²) < 4.78 is 27.2. The lowest BCUT2D eigenvalue weighted by molar-refractivity contribution is -0.178. The number of hydrogen-bond acceptors (Lipinski definition) is 3. The summed E-state index contributed by atoms with van der Waals surface area (Å²) in [6, 6.07) is 3.93. The van der Waals surface area contributed by atoms with Gasteiger partial charge in [-0.25, -0.2) is 13.8 Å². The van der Waals surface area contributed by atoms with E-state index in [1.165, 1.54) is 17.1 Å². The maximum absolute atomic E-state index is 13.9. The standard InChI is InChI=1S/C16H18F2N2O2/c1-2-16-7-4-8-20(16)19(14(22)9-13(16)21)10-11-5-3-6-12(17)15(11)18/h3,5-6H,2,4,7-10H2,1H3/t16-/m1/s1. The normalized spacial score (nSPS) is 25.7. The highest BCUT2D eigenvalue weighted by molar-refractivity contribution is 6.05. The number of hydrogen-bond donors (Lipinski definition) is 0. The number of carbonyl (C=O) groups is 2. The van der Waals surface area contributed by atoms with Gasteiger partial charge in [0.25, 0.3) is 0 Å². The van der Waals surface area contributed by atoms with E-state index in [0.717, 1.165) is 12.5 Å². The summed E-state index contributed by atoms with van der Waals surface area (Å²) in [6.07, 6.45) is 1.97. The Bertz CT molecular complexity index is 635. The Morgan fingerprint density at radius 2 is 2.05 bits per heavy atom. The Morgan fingerprint density at radius 3 is 2.77 bits per heavy atom. The Kier molecular flexibility index (Phi) is 3.72. The quantitative estimate of drug-likeness (QED) is 0.805. The van der Waals surface area contributed by atoms with E-state index in [0.29, 0.717) is 19.4 Å². The fourth-order valence-electron chi connectivity index (χ4n) is 3.59. The average molecular weight is 308 g/mol. The number of amides is 1. The second-order valence-corrected chi connectivity index (χ2v) is 5.88. The number of benzene rings is 1. The van der Waals surface area contributed by atoms with Gasteiger partial charge in [-0.05, 0) is 25.3 Å². The molecule has 1 aromatic carbocycles. The van der Waals surface area contributed by atoms with E-state index in [-0.39, 0.29) is 30.2 Å². The maximum Gasteiger partial charge on any atom is 0.244 e. The Labute approximate surface area is 127 Å². The Balaban J connectivity index is 1.94. The van der Waals surface area contributed by atoms with Crippen molar-refractivity contribution in [2.45, 2.75) is 44.7 Å². The molecule has 0 saturated carbocycles. The molecule has 0 aromatic heterocycles. The van der Waals surface area contributed by atoms with Gasteiger partial charge in [0.15, 0.2) is 17.4 Å². The molecule has 1 aromatic rings. The van der Waals surface area contributed by atoms with Gasteiger partial charge in [0.2, 0.25) is 5.91 Å². The molecule has 118 valence electrons. The van der Waals surface area contributed by atoms with Crippen molar-refractivity contribution in [1.82, 2.24) is 10.0 Å². The molecule has 0 aliphatic carbocycles. The molecule has 2 aliphatic rings. The summed E-state index contributed by atoms with van der Waals surface area (Å²) >= 11 is 0. The van der Waals surface area contributed by atoms with Crippen LogP contribution in [-0.4, -0.2) is 33.8 Å². The van der Waals surface area contributed by atoms with Gasteiger partial charge >= 0.3 is 0 Å². The van der Waals surface area contributed by atoms with Crippen LogP contribution in [0.2, 0.25) is 0 Å². The zero-order valence-electron chi connectivity index (χ0n) is 12.4. The lowest BCUT2D eigenvalue weighted by Gasteiger charge is -2.47. The number of carbonyl (C=O) groups excluding carboxylic acids is 2. The molecule has 2 saturated heterocycles. The molecular formula is C16H18F2N2O2. The van der Waals surface area contributed by atoms with Gasteiger partial charge in [-0.1, -0.05) is 19.1 Å². The van der Waals surface area contributed by atoms with Crippen molar-refractivity contribution in [3.05, 3.63) is 35.4 Å². The molecule has 1 atom stereocenters. The molecule has 22 heavy (non-hydrogen) atoms. The number of ketones is 1. The highest BCUT2D eigenvalue weighted by Gasteiger charge is 2.53. The highest BCUT2D eigenvalue weighted by Crippen LogP contribution is 2.39. The summed E-state index contributed by atoms with van der Waals surface area (Å²) in [5.41, 5.74) is -0.530. The van der Waals surface area contributed by atoms with E-state index in [1.807, 2.05) is 6.92 Å². The largest absolute Gasteiger partial charge is 0.297 e. The monoisotopic (exact) mass is 308 g/mol. The predicted molar refractivity (Wildman–Crippen MR) is 75.5 cm³/mol. The molecule has 0 radical (unpaired) electrons. The number of hydrazine groups is 1. The third-order valence-corrected chi connectivity index (χ3v) is 4.80. The minimum atomic E-state index is -0.937. The van der Waals surface area contributed by atoms with Gasteiger partial charge in [-0.3, -0.25) is 14.6 Å². The second-order valence-electron chi connectivity index (χ2n) is 5.88. The van der Waals surface area contributed by atoms with Crippen LogP contribution in [0, 0.1) is 11.6 Å². The topological polar surface area (TPSA) is 40.6 Å². The fourth-order valence-corrected chi connectivity index (χ4v) is 3.59. The zero-order chi connectivity index (χ0) is 15.9. The molecule has 2 fully saturated rings. The molecule has 2 heterocycles. The van der Waals surface area contributed by atoms with Crippen LogP contribution < -0.4 is 0 Å². The third-order valence-electron chi connectivity index (χ3n) is 4.80. The van der Waals surface area contributed by atoms with Crippen LogP contribution in [-0.2, 0) is 16.1 Å². The summed E-state index contributed by atoms with van der Waals surface area (Å²) in [5.74, 6) is -2.28. The van der Waals surface area contributed by atoms with Crippen LogP contribution in [0.5, 0.6) is 0 Å². The van der Waals surface area contributed by atoms with E-state index in [4.69, 9.17) is 0 Å². The summed E-state index contributed by atoms with van der Waals surface area (Å²) in [6.45, 7) is 2.46. The SMILES string of the molecule is CC[C@]12CCCN1N(Cc1cccc(F)c1F)C(=O)CC2=O. The number of Topliss-reactive ketones (excluding diaryl/α,β-unsaturated/α-hetero) is 1. The highest BCUT2D eigenvalue weighted by atomic mass is 19.2. The van der Waals surface area contributed by atoms with Crippen molar-refractivity contribution in [2.24, 2.45) is 0 Å². The molecule has 0 bridgehead atoms. The number of nitrogens with zero attached hydrogens (tertiary/aromatic N) is 2. The van der Waals surface area contributed by atoms with E-state index in [2.05, 4.69) is 0 Å². The molecular weight excluding hydrogens is 290 g/mol. The first-order valence-corrected chi connectivity index (χ1v) is 7.53. The second kappa shape index (κ2) is 5.43. The first-order valence-electron chi connectivity index (χ1n) is 7.53. The molecule has 3 rings (SSSR count). The van der Waals surface area contributed by atoms with Crippen molar-refractivity contribution in [3.63, 3.8) is 0 Å². The third kappa shape index (κ3) is 2.13. The average Bonchev–Trinajstić information content (AvgIpc) is 2.93. The first kappa shape index (κ1) is 15.1. The first-order chi connectivity index (χ1) is 10.5. The smallest absolute Gasteiger partial charge is 0.244 e. The van der Waals surface area contributed by atoms with Crippen LogP contribution in [0.1, 0.15) is 38.2 Å². The zero-order valence-corrected chi connectivity index (χ0v) is 12.4.